The molecule has 1 N–H and O–H groups in total. The molecule has 2 aromatic carbocycles. The zero-order valence-corrected chi connectivity index (χ0v) is 19.8. The third-order valence-corrected chi connectivity index (χ3v) is 5.80. The highest BCUT2D eigenvalue weighted by molar-refractivity contribution is 5.89. The number of amides is 2. The van der Waals surface area contributed by atoms with Crippen molar-refractivity contribution in [2.75, 3.05) is 46.5 Å². The lowest BCUT2D eigenvalue weighted by molar-refractivity contribution is -0.144. The molecule has 1 heterocycles. The van der Waals surface area contributed by atoms with Gasteiger partial charge in [-0.05, 0) is 23.3 Å². The molecule has 2 amide bonds. The number of benzene rings is 2. The third kappa shape index (κ3) is 7.04. The van der Waals surface area contributed by atoms with Gasteiger partial charge in [0, 0.05) is 38.6 Å². The second kappa shape index (κ2) is 12.4. The number of morpholine rings is 1. The van der Waals surface area contributed by atoms with Gasteiger partial charge in [0.25, 0.3) is 0 Å². The van der Waals surface area contributed by atoms with E-state index in [9.17, 15) is 9.59 Å². The lowest BCUT2D eigenvalue weighted by Gasteiger charge is -2.33. The first-order chi connectivity index (χ1) is 16.0. The lowest BCUT2D eigenvalue weighted by atomic mass is 10.0. The summed E-state index contributed by atoms with van der Waals surface area (Å²) < 4.78 is 10.6. The van der Waals surface area contributed by atoms with Crippen LogP contribution >= 0.6 is 0 Å². The predicted molar refractivity (Wildman–Crippen MR) is 128 cm³/mol. The van der Waals surface area contributed by atoms with Crippen LogP contribution in [-0.4, -0.2) is 68.1 Å². The number of rotatable bonds is 10. The molecule has 33 heavy (non-hydrogen) atoms. The minimum atomic E-state index is -0.715. The summed E-state index contributed by atoms with van der Waals surface area (Å²) in [4.78, 5) is 30.7. The van der Waals surface area contributed by atoms with Gasteiger partial charge in [0.2, 0.25) is 11.8 Å². The molecule has 1 fully saturated rings. The Bertz CT molecular complexity index is 880. The monoisotopic (exact) mass is 453 g/mol. The molecule has 1 saturated heterocycles. The van der Waals surface area contributed by atoms with E-state index in [1.165, 1.54) is 0 Å². The van der Waals surface area contributed by atoms with E-state index in [1.54, 1.807) is 12.0 Å². The fourth-order valence-corrected chi connectivity index (χ4v) is 3.92. The van der Waals surface area contributed by atoms with Crippen molar-refractivity contribution in [1.82, 2.24) is 15.1 Å². The number of hydrogen-bond donors (Lipinski definition) is 1. The van der Waals surface area contributed by atoms with E-state index in [1.807, 2.05) is 68.4 Å². The zero-order valence-electron chi connectivity index (χ0n) is 19.8. The van der Waals surface area contributed by atoms with Crippen molar-refractivity contribution in [1.29, 1.82) is 0 Å². The van der Waals surface area contributed by atoms with Crippen molar-refractivity contribution < 1.29 is 19.1 Å². The van der Waals surface area contributed by atoms with Gasteiger partial charge in [0.1, 0.15) is 11.8 Å². The first-order valence-electron chi connectivity index (χ1n) is 11.6. The van der Waals surface area contributed by atoms with Gasteiger partial charge in [-0.3, -0.25) is 14.5 Å². The van der Waals surface area contributed by atoms with Crippen LogP contribution in [0.5, 0.6) is 5.75 Å². The SMILES string of the molecule is COc1ccc(CN(C(=O)C(C)C)[C@H](C(=O)NCCN2CCOCC2)c2ccccc2)cc1. The molecule has 7 heteroatoms. The molecule has 0 unspecified atom stereocenters. The largest absolute Gasteiger partial charge is 0.497 e. The number of carbonyl (C=O) groups excluding carboxylic acids is 2. The summed E-state index contributed by atoms with van der Waals surface area (Å²) in [5.74, 6) is 0.275. The summed E-state index contributed by atoms with van der Waals surface area (Å²) >= 11 is 0. The van der Waals surface area contributed by atoms with E-state index in [0.717, 1.165) is 49.7 Å². The predicted octanol–water partition coefficient (Wildman–Crippen LogP) is 2.87. The van der Waals surface area contributed by atoms with Crippen LogP contribution in [0.25, 0.3) is 0 Å². The van der Waals surface area contributed by atoms with E-state index in [2.05, 4.69) is 10.2 Å². The van der Waals surface area contributed by atoms with Crippen LogP contribution in [0.1, 0.15) is 31.0 Å². The molecule has 1 aliphatic heterocycles. The fourth-order valence-electron chi connectivity index (χ4n) is 3.92. The van der Waals surface area contributed by atoms with Crippen molar-refractivity contribution >= 4 is 11.8 Å². The number of hydrogen-bond acceptors (Lipinski definition) is 5. The van der Waals surface area contributed by atoms with Crippen molar-refractivity contribution in [2.24, 2.45) is 5.92 Å². The molecule has 1 atom stereocenters. The number of methoxy groups -OCH3 is 1. The van der Waals surface area contributed by atoms with Crippen LogP contribution in [0.15, 0.2) is 54.6 Å². The number of ether oxygens (including phenoxy) is 2. The summed E-state index contributed by atoms with van der Waals surface area (Å²) in [5.41, 5.74) is 1.73. The van der Waals surface area contributed by atoms with Crippen molar-refractivity contribution in [3.63, 3.8) is 0 Å². The van der Waals surface area contributed by atoms with Crippen LogP contribution in [0, 0.1) is 5.92 Å². The topological polar surface area (TPSA) is 71.1 Å². The first kappa shape index (κ1) is 24.7. The summed E-state index contributed by atoms with van der Waals surface area (Å²) in [7, 11) is 1.62. The standard InChI is InChI=1S/C26H35N3O4/c1-20(2)26(31)29(19-21-9-11-23(32-3)12-10-21)24(22-7-5-4-6-8-22)25(30)27-13-14-28-15-17-33-18-16-28/h4-12,20,24H,13-19H2,1-3H3,(H,27,30)/t24-/m0/s1. The van der Waals surface area contributed by atoms with Crippen LogP contribution in [-0.2, 0) is 20.9 Å². The molecule has 3 rings (SSSR count). The molecule has 1 aliphatic rings. The summed E-state index contributed by atoms with van der Waals surface area (Å²) in [6.07, 6.45) is 0. The van der Waals surface area contributed by atoms with Gasteiger partial charge in [0.05, 0.1) is 20.3 Å². The number of carbonyl (C=O) groups is 2. The van der Waals surface area contributed by atoms with E-state index < -0.39 is 6.04 Å². The molecule has 2 aromatic rings. The highest BCUT2D eigenvalue weighted by atomic mass is 16.5. The number of nitrogens with zero attached hydrogens (tertiary/aromatic N) is 2. The molecular weight excluding hydrogens is 418 g/mol. The van der Waals surface area contributed by atoms with E-state index >= 15 is 0 Å². The summed E-state index contributed by atoms with van der Waals surface area (Å²) in [6, 6.07) is 16.4. The molecule has 0 spiro atoms. The maximum absolute atomic E-state index is 13.5. The van der Waals surface area contributed by atoms with E-state index in [4.69, 9.17) is 9.47 Å². The van der Waals surface area contributed by atoms with Crippen LogP contribution in [0.3, 0.4) is 0 Å². The highest BCUT2D eigenvalue weighted by Gasteiger charge is 2.32. The maximum atomic E-state index is 13.5. The van der Waals surface area contributed by atoms with Gasteiger partial charge in [-0.15, -0.1) is 0 Å². The first-order valence-corrected chi connectivity index (χ1v) is 11.6. The van der Waals surface area contributed by atoms with Crippen molar-refractivity contribution in [2.45, 2.75) is 26.4 Å². The quantitative estimate of drug-likeness (QED) is 0.599. The average Bonchev–Trinajstić information content (AvgIpc) is 2.85. The third-order valence-electron chi connectivity index (χ3n) is 5.80. The average molecular weight is 454 g/mol. The Balaban J connectivity index is 1.81. The zero-order chi connectivity index (χ0) is 23.6. The van der Waals surface area contributed by atoms with Gasteiger partial charge < -0.3 is 19.7 Å². The van der Waals surface area contributed by atoms with Gasteiger partial charge in [-0.2, -0.15) is 0 Å². The van der Waals surface area contributed by atoms with Gasteiger partial charge in [-0.25, -0.2) is 0 Å². The Morgan fingerprint density at radius 3 is 2.33 bits per heavy atom. The molecule has 0 bridgehead atoms. The highest BCUT2D eigenvalue weighted by Crippen LogP contribution is 2.26. The summed E-state index contributed by atoms with van der Waals surface area (Å²) in [5, 5.41) is 3.07. The Kier molecular flexibility index (Phi) is 9.27. The lowest BCUT2D eigenvalue weighted by Crippen LogP contribution is -2.47. The second-order valence-electron chi connectivity index (χ2n) is 8.53. The van der Waals surface area contributed by atoms with Gasteiger partial charge in [-0.1, -0.05) is 56.3 Å². The molecule has 178 valence electrons. The smallest absolute Gasteiger partial charge is 0.247 e. The maximum Gasteiger partial charge on any atom is 0.247 e. The van der Waals surface area contributed by atoms with Crippen molar-refractivity contribution in [3.05, 3.63) is 65.7 Å². The number of nitrogens with one attached hydrogen (secondary N) is 1. The van der Waals surface area contributed by atoms with Crippen LogP contribution in [0.2, 0.25) is 0 Å². The van der Waals surface area contributed by atoms with Crippen molar-refractivity contribution in [3.8, 4) is 5.75 Å². The van der Waals surface area contributed by atoms with E-state index in [0.29, 0.717) is 13.1 Å². The molecule has 0 radical (unpaired) electrons. The Labute approximate surface area is 196 Å². The minimum Gasteiger partial charge on any atom is -0.497 e. The Morgan fingerprint density at radius 2 is 1.73 bits per heavy atom. The van der Waals surface area contributed by atoms with Gasteiger partial charge in [0.15, 0.2) is 0 Å². The fraction of sp³-hybridized carbons (Fsp3) is 0.462. The molecular formula is C26H35N3O4. The van der Waals surface area contributed by atoms with Crippen LogP contribution in [0.4, 0.5) is 0 Å². The molecule has 0 saturated carbocycles. The molecule has 0 aliphatic carbocycles. The van der Waals surface area contributed by atoms with E-state index in [-0.39, 0.29) is 17.7 Å². The van der Waals surface area contributed by atoms with Crippen LogP contribution < -0.4 is 10.1 Å². The Hall–Kier alpha value is -2.90. The van der Waals surface area contributed by atoms with Gasteiger partial charge >= 0.3 is 0 Å². The minimum absolute atomic E-state index is 0.0667. The summed E-state index contributed by atoms with van der Waals surface area (Å²) in [6.45, 7) is 8.52. The Morgan fingerprint density at radius 1 is 1.06 bits per heavy atom. The molecule has 0 aromatic heterocycles. The normalized spacial score (nSPS) is 15.2. The molecule has 7 nitrogen and oxygen atoms in total. The second-order valence-corrected chi connectivity index (χ2v) is 8.53.